The molecule has 1 amide bonds. The first-order valence-corrected chi connectivity index (χ1v) is 12.3. The van der Waals surface area contributed by atoms with Gasteiger partial charge in [0.1, 0.15) is 11.5 Å². The maximum absolute atomic E-state index is 13.3. The second kappa shape index (κ2) is 10.8. The monoisotopic (exact) mass is 484 g/mol. The van der Waals surface area contributed by atoms with E-state index in [1.165, 1.54) is 4.90 Å². The summed E-state index contributed by atoms with van der Waals surface area (Å²) < 4.78 is 5.74. The second-order valence-electron chi connectivity index (χ2n) is 9.80. The zero-order valence-corrected chi connectivity index (χ0v) is 21.1. The van der Waals surface area contributed by atoms with Crippen LogP contribution < -0.4 is 4.74 Å². The Balaban J connectivity index is 1.76. The molecule has 0 radical (unpaired) electrons. The van der Waals surface area contributed by atoms with Crippen LogP contribution in [0.15, 0.2) is 78.5 Å². The minimum atomic E-state index is -0.731. The fourth-order valence-corrected chi connectivity index (χ4v) is 4.25. The number of aliphatic hydroxyl groups excluding tert-OH is 1. The largest absolute Gasteiger partial charge is 0.507 e. The zero-order valence-electron chi connectivity index (χ0n) is 21.1. The third kappa shape index (κ3) is 5.33. The Bertz CT molecular complexity index is 1250. The Labute approximate surface area is 212 Å². The molecule has 1 unspecified atom stereocenters. The van der Waals surface area contributed by atoms with E-state index < -0.39 is 17.7 Å². The quantitative estimate of drug-likeness (QED) is 0.246. The zero-order chi connectivity index (χ0) is 25.8. The summed E-state index contributed by atoms with van der Waals surface area (Å²) in [6.45, 7) is 9.08. The minimum Gasteiger partial charge on any atom is -0.507 e. The van der Waals surface area contributed by atoms with Gasteiger partial charge in [0.15, 0.2) is 0 Å². The molecule has 2 heterocycles. The van der Waals surface area contributed by atoms with Crippen molar-refractivity contribution in [2.45, 2.75) is 46.2 Å². The average Bonchev–Trinajstić information content (AvgIpc) is 3.13. The topological polar surface area (TPSA) is 79.7 Å². The van der Waals surface area contributed by atoms with E-state index in [1.54, 1.807) is 36.5 Å². The molecular formula is C30H32N2O4. The maximum atomic E-state index is 13.3. The van der Waals surface area contributed by atoms with Gasteiger partial charge in [0.05, 0.1) is 30.5 Å². The standard InChI is InChI=1S/C30H32N2O4/c1-19(2)18-36-25-14-12-23(13-15-25)28(33)26-27(22-10-8-21(9-11-22)20(3)4)32(30(35)29(26)34)17-24-7-5-6-16-31-24/h5-16,19-20,27,33H,17-18H2,1-4H3/b28-26+. The number of Topliss-reactive ketones (excluding diaryl/α,β-unsaturated/α-hetero) is 1. The molecule has 0 spiro atoms. The molecule has 0 bridgehead atoms. The fourth-order valence-electron chi connectivity index (χ4n) is 4.25. The molecule has 3 aromatic rings. The molecule has 6 heteroatoms. The molecule has 1 aromatic heterocycles. The Morgan fingerprint density at radius 3 is 2.25 bits per heavy atom. The Morgan fingerprint density at radius 1 is 0.972 bits per heavy atom. The van der Waals surface area contributed by atoms with E-state index in [-0.39, 0.29) is 17.9 Å². The first-order chi connectivity index (χ1) is 17.3. The first-order valence-electron chi connectivity index (χ1n) is 12.3. The SMILES string of the molecule is CC(C)COc1ccc(/C(O)=C2\C(=O)C(=O)N(Cc3ccccn3)C2c2ccc(C(C)C)cc2)cc1. The number of rotatable bonds is 8. The molecule has 1 aliphatic heterocycles. The van der Waals surface area contributed by atoms with E-state index in [0.29, 0.717) is 35.4 Å². The summed E-state index contributed by atoms with van der Waals surface area (Å²) in [6.07, 6.45) is 1.65. The van der Waals surface area contributed by atoms with E-state index in [1.807, 2.05) is 36.4 Å². The Kier molecular flexibility index (Phi) is 7.53. The fraction of sp³-hybridized carbons (Fsp3) is 0.300. The molecule has 4 rings (SSSR count). The first kappa shape index (κ1) is 25.2. The van der Waals surface area contributed by atoms with Crippen LogP contribution in [0.4, 0.5) is 0 Å². The van der Waals surface area contributed by atoms with Crippen LogP contribution >= 0.6 is 0 Å². The van der Waals surface area contributed by atoms with Gasteiger partial charge in [0, 0.05) is 11.8 Å². The molecule has 1 N–H and O–H groups in total. The van der Waals surface area contributed by atoms with Crippen LogP contribution in [0.2, 0.25) is 0 Å². The van der Waals surface area contributed by atoms with Crippen molar-refractivity contribution < 1.29 is 19.4 Å². The van der Waals surface area contributed by atoms with Gasteiger partial charge in [-0.2, -0.15) is 0 Å². The van der Waals surface area contributed by atoms with Crippen molar-refractivity contribution in [3.05, 3.63) is 101 Å². The number of benzene rings is 2. The number of hydrogen-bond acceptors (Lipinski definition) is 5. The van der Waals surface area contributed by atoms with E-state index in [9.17, 15) is 14.7 Å². The normalized spacial score (nSPS) is 17.3. The predicted molar refractivity (Wildman–Crippen MR) is 139 cm³/mol. The van der Waals surface area contributed by atoms with E-state index >= 15 is 0 Å². The molecule has 36 heavy (non-hydrogen) atoms. The van der Waals surface area contributed by atoms with Gasteiger partial charge >= 0.3 is 0 Å². The van der Waals surface area contributed by atoms with Gasteiger partial charge in [0.2, 0.25) is 0 Å². The second-order valence-corrected chi connectivity index (χ2v) is 9.80. The van der Waals surface area contributed by atoms with Crippen LogP contribution in [0.25, 0.3) is 5.76 Å². The molecule has 0 saturated carbocycles. The van der Waals surface area contributed by atoms with Crippen molar-refractivity contribution >= 4 is 17.4 Å². The number of ketones is 1. The van der Waals surface area contributed by atoms with Gasteiger partial charge in [-0.25, -0.2) is 0 Å². The van der Waals surface area contributed by atoms with Crippen LogP contribution in [-0.4, -0.2) is 33.3 Å². The Morgan fingerprint density at radius 2 is 1.67 bits per heavy atom. The number of likely N-dealkylation sites (tertiary alicyclic amines) is 1. The van der Waals surface area contributed by atoms with E-state index in [4.69, 9.17) is 4.74 Å². The predicted octanol–water partition coefficient (Wildman–Crippen LogP) is 5.86. The van der Waals surface area contributed by atoms with Crippen molar-refractivity contribution in [2.24, 2.45) is 5.92 Å². The molecule has 1 atom stereocenters. The van der Waals surface area contributed by atoms with Crippen molar-refractivity contribution in [3.63, 3.8) is 0 Å². The summed E-state index contributed by atoms with van der Waals surface area (Å²) in [7, 11) is 0. The van der Waals surface area contributed by atoms with Gasteiger partial charge in [-0.15, -0.1) is 0 Å². The van der Waals surface area contributed by atoms with E-state index in [2.05, 4.69) is 32.7 Å². The summed E-state index contributed by atoms with van der Waals surface area (Å²) in [6, 6.07) is 19.5. The molecule has 0 aliphatic carbocycles. The number of carbonyl (C=O) groups is 2. The van der Waals surface area contributed by atoms with Gasteiger partial charge < -0.3 is 14.7 Å². The van der Waals surface area contributed by atoms with Crippen LogP contribution in [0.3, 0.4) is 0 Å². The summed E-state index contributed by atoms with van der Waals surface area (Å²) in [5.41, 5.74) is 3.09. The molecule has 2 aromatic carbocycles. The molecule has 186 valence electrons. The van der Waals surface area contributed by atoms with Gasteiger partial charge in [-0.05, 0) is 59.4 Å². The maximum Gasteiger partial charge on any atom is 0.296 e. The minimum absolute atomic E-state index is 0.0732. The lowest BCUT2D eigenvalue weighted by atomic mass is 9.93. The van der Waals surface area contributed by atoms with Gasteiger partial charge in [-0.3, -0.25) is 14.6 Å². The molecule has 1 aliphatic rings. The third-order valence-corrected chi connectivity index (χ3v) is 6.23. The van der Waals surface area contributed by atoms with Crippen molar-refractivity contribution in [1.82, 2.24) is 9.88 Å². The lowest BCUT2D eigenvalue weighted by Crippen LogP contribution is -2.29. The Hall–Kier alpha value is -3.93. The van der Waals surface area contributed by atoms with Crippen LogP contribution in [-0.2, 0) is 16.1 Å². The molecule has 1 fully saturated rings. The highest BCUT2D eigenvalue weighted by molar-refractivity contribution is 6.46. The molecule has 6 nitrogen and oxygen atoms in total. The highest BCUT2D eigenvalue weighted by Gasteiger charge is 2.46. The smallest absolute Gasteiger partial charge is 0.296 e. The van der Waals surface area contributed by atoms with Crippen LogP contribution in [0.1, 0.15) is 62.0 Å². The molecule has 1 saturated heterocycles. The summed E-state index contributed by atoms with van der Waals surface area (Å²) in [5, 5.41) is 11.3. The van der Waals surface area contributed by atoms with Gasteiger partial charge in [0.25, 0.3) is 11.7 Å². The summed E-state index contributed by atoms with van der Waals surface area (Å²) in [5.74, 6) is -0.161. The number of hydrogen-bond donors (Lipinski definition) is 1. The van der Waals surface area contributed by atoms with Crippen LogP contribution in [0, 0.1) is 5.92 Å². The van der Waals surface area contributed by atoms with Crippen molar-refractivity contribution in [3.8, 4) is 5.75 Å². The van der Waals surface area contributed by atoms with Crippen molar-refractivity contribution in [1.29, 1.82) is 0 Å². The number of nitrogens with zero attached hydrogens (tertiary/aromatic N) is 2. The van der Waals surface area contributed by atoms with Crippen LogP contribution in [0.5, 0.6) is 5.75 Å². The lowest BCUT2D eigenvalue weighted by molar-refractivity contribution is -0.140. The number of pyridine rings is 1. The third-order valence-electron chi connectivity index (χ3n) is 6.23. The highest BCUT2D eigenvalue weighted by Crippen LogP contribution is 2.40. The highest BCUT2D eigenvalue weighted by atomic mass is 16.5. The lowest BCUT2D eigenvalue weighted by Gasteiger charge is -2.25. The van der Waals surface area contributed by atoms with E-state index in [0.717, 1.165) is 11.1 Å². The number of ether oxygens (including phenoxy) is 1. The molecular weight excluding hydrogens is 452 g/mol. The van der Waals surface area contributed by atoms with Gasteiger partial charge in [-0.1, -0.05) is 58.0 Å². The van der Waals surface area contributed by atoms with Crippen molar-refractivity contribution in [2.75, 3.05) is 6.61 Å². The number of amides is 1. The number of aliphatic hydroxyl groups is 1. The summed E-state index contributed by atoms with van der Waals surface area (Å²) in [4.78, 5) is 32.3. The average molecular weight is 485 g/mol. The summed E-state index contributed by atoms with van der Waals surface area (Å²) >= 11 is 0. The number of carbonyl (C=O) groups excluding carboxylic acids is 2. The number of aromatic nitrogens is 1.